The van der Waals surface area contributed by atoms with Gasteiger partial charge in [0.25, 0.3) is 0 Å². The van der Waals surface area contributed by atoms with Crippen LogP contribution in [-0.2, 0) is 9.59 Å². The third kappa shape index (κ3) is 3.93. The van der Waals surface area contributed by atoms with Crippen LogP contribution in [0, 0.1) is 11.7 Å². The van der Waals surface area contributed by atoms with E-state index in [1.807, 2.05) is 6.92 Å². The van der Waals surface area contributed by atoms with Crippen molar-refractivity contribution in [2.45, 2.75) is 26.2 Å². The van der Waals surface area contributed by atoms with Gasteiger partial charge in [-0.2, -0.15) is 0 Å². The molecule has 0 spiro atoms. The fraction of sp³-hybridized carbons (Fsp3) is 0.467. The Hall–Kier alpha value is -2.11. The van der Waals surface area contributed by atoms with Gasteiger partial charge in [-0.25, -0.2) is 4.39 Å². The van der Waals surface area contributed by atoms with Crippen molar-refractivity contribution in [3.05, 3.63) is 24.0 Å². The Morgan fingerprint density at radius 2 is 2.29 bits per heavy atom. The first-order valence-electron chi connectivity index (χ1n) is 7.11. The van der Waals surface area contributed by atoms with E-state index in [0.717, 1.165) is 12.8 Å². The Kier molecular flexibility index (Phi) is 4.77. The average molecular weight is 293 g/mol. The molecule has 2 amide bonds. The minimum Gasteiger partial charge on any atom is -0.399 e. The van der Waals surface area contributed by atoms with Crippen LogP contribution < -0.4 is 11.1 Å². The highest BCUT2D eigenvalue weighted by atomic mass is 19.1. The van der Waals surface area contributed by atoms with E-state index in [0.29, 0.717) is 18.8 Å². The minimum atomic E-state index is -0.528. The summed E-state index contributed by atoms with van der Waals surface area (Å²) in [7, 11) is 0. The van der Waals surface area contributed by atoms with E-state index in [1.165, 1.54) is 18.2 Å². The fourth-order valence-corrected chi connectivity index (χ4v) is 2.44. The number of anilines is 2. The molecule has 0 aliphatic carbocycles. The van der Waals surface area contributed by atoms with E-state index in [4.69, 9.17) is 5.73 Å². The van der Waals surface area contributed by atoms with Crippen LogP contribution >= 0.6 is 0 Å². The highest BCUT2D eigenvalue weighted by Crippen LogP contribution is 2.19. The Labute approximate surface area is 123 Å². The summed E-state index contributed by atoms with van der Waals surface area (Å²) in [4.78, 5) is 25.5. The number of benzene rings is 1. The topological polar surface area (TPSA) is 75.4 Å². The Morgan fingerprint density at radius 1 is 1.52 bits per heavy atom. The van der Waals surface area contributed by atoms with Crippen molar-refractivity contribution < 1.29 is 14.0 Å². The molecule has 0 bridgehead atoms. The standard InChI is InChI=1S/C15H20FN3O2/c1-10-3-2-7-19(15(10)21)8-6-14(20)18-13-9-11(17)4-5-12(13)16/h4-5,9-10H,2-3,6-8,17H2,1H3,(H,18,20). The first kappa shape index (κ1) is 15.3. The molecule has 114 valence electrons. The molecular formula is C15H20FN3O2. The maximum absolute atomic E-state index is 13.5. The molecule has 1 aliphatic rings. The summed E-state index contributed by atoms with van der Waals surface area (Å²) >= 11 is 0. The van der Waals surface area contributed by atoms with Gasteiger partial charge in [-0.05, 0) is 31.0 Å². The number of amides is 2. The molecule has 6 heteroatoms. The predicted octanol–water partition coefficient (Wildman–Crippen LogP) is 2.00. The van der Waals surface area contributed by atoms with Gasteiger partial charge in [-0.15, -0.1) is 0 Å². The smallest absolute Gasteiger partial charge is 0.226 e. The molecule has 5 nitrogen and oxygen atoms in total. The molecule has 2 rings (SSSR count). The van der Waals surface area contributed by atoms with E-state index < -0.39 is 5.82 Å². The van der Waals surface area contributed by atoms with Gasteiger partial charge in [0.2, 0.25) is 11.8 Å². The Balaban J connectivity index is 1.87. The molecular weight excluding hydrogens is 273 g/mol. The van der Waals surface area contributed by atoms with Gasteiger partial charge in [-0.1, -0.05) is 6.92 Å². The third-order valence-corrected chi connectivity index (χ3v) is 3.67. The number of nitrogen functional groups attached to an aromatic ring is 1. The summed E-state index contributed by atoms with van der Waals surface area (Å²) in [6, 6.07) is 4.01. The second-order valence-electron chi connectivity index (χ2n) is 5.41. The quantitative estimate of drug-likeness (QED) is 0.834. The second-order valence-corrected chi connectivity index (χ2v) is 5.41. The van der Waals surface area contributed by atoms with Crippen molar-refractivity contribution in [3.63, 3.8) is 0 Å². The molecule has 1 unspecified atom stereocenters. The van der Waals surface area contributed by atoms with Crippen LogP contribution in [0.5, 0.6) is 0 Å². The van der Waals surface area contributed by atoms with Crippen molar-refractivity contribution in [3.8, 4) is 0 Å². The highest BCUT2D eigenvalue weighted by molar-refractivity contribution is 5.91. The number of likely N-dealkylation sites (tertiary alicyclic amines) is 1. The number of hydrogen-bond acceptors (Lipinski definition) is 3. The minimum absolute atomic E-state index is 0.0215. The van der Waals surface area contributed by atoms with E-state index in [-0.39, 0.29) is 29.8 Å². The molecule has 1 aromatic carbocycles. The van der Waals surface area contributed by atoms with Crippen LogP contribution in [0.2, 0.25) is 0 Å². The summed E-state index contributed by atoms with van der Waals surface area (Å²) < 4.78 is 13.5. The van der Waals surface area contributed by atoms with Crippen LogP contribution in [0.15, 0.2) is 18.2 Å². The normalized spacial score (nSPS) is 18.7. The molecule has 1 saturated heterocycles. The van der Waals surface area contributed by atoms with Crippen molar-refractivity contribution in [2.75, 3.05) is 24.1 Å². The van der Waals surface area contributed by atoms with Crippen LogP contribution in [0.3, 0.4) is 0 Å². The second kappa shape index (κ2) is 6.56. The van der Waals surface area contributed by atoms with Crippen molar-refractivity contribution in [2.24, 2.45) is 5.92 Å². The monoisotopic (exact) mass is 293 g/mol. The molecule has 1 fully saturated rings. The summed E-state index contributed by atoms with van der Waals surface area (Å²) in [6.45, 7) is 2.94. The Morgan fingerprint density at radius 3 is 3.05 bits per heavy atom. The molecule has 0 radical (unpaired) electrons. The zero-order valence-corrected chi connectivity index (χ0v) is 12.1. The fourth-order valence-electron chi connectivity index (χ4n) is 2.44. The van der Waals surface area contributed by atoms with E-state index in [2.05, 4.69) is 5.32 Å². The van der Waals surface area contributed by atoms with Crippen molar-refractivity contribution in [1.82, 2.24) is 4.90 Å². The molecule has 1 aromatic rings. The molecule has 0 saturated carbocycles. The number of nitrogens with two attached hydrogens (primary N) is 1. The number of rotatable bonds is 4. The highest BCUT2D eigenvalue weighted by Gasteiger charge is 2.25. The van der Waals surface area contributed by atoms with Gasteiger partial charge in [0.1, 0.15) is 5.82 Å². The lowest BCUT2D eigenvalue weighted by molar-refractivity contribution is -0.138. The molecule has 3 N–H and O–H groups in total. The van der Waals surface area contributed by atoms with Crippen LogP contribution in [0.1, 0.15) is 26.2 Å². The van der Waals surface area contributed by atoms with Gasteiger partial charge >= 0.3 is 0 Å². The number of carbonyl (C=O) groups is 2. The zero-order valence-electron chi connectivity index (χ0n) is 12.1. The lowest BCUT2D eigenvalue weighted by atomic mass is 9.99. The van der Waals surface area contributed by atoms with Crippen molar-refractivity contribution in [1.29, 1.82) is 0 Å². The summed E-state index contributed by atoms with van der Waals surface area (Å²) in [5, 5.41) is 2.48. The maximum Gasteiger partial charge on any atom is 0.226 e. The largest absolute Gasteiger partial charge is 0.399 e. The zero-order chi connectivity index (χ0) is 15.4. The lowest BCUT2D eigenvalue weighted by Crippen LogP contribution is -2.41. The number of hydrogen-bond donors (Lipinski definition) is 2. The number of nitrogens with one attached hydrogen (secondary N) is 1. The average Bonchev–Trinajstić information content (AvgIpc) is 2.44. The summed E-state index contributed by atoms with van der Waals surface area (Å²) in [5.41, 5.74) is 6.01. The van der Waals surface area contributed by atoms with Gasteiger partial charge in [-0.3, -0.25) is 9.59 Å². The lowest BCUT2D eigenvalue weighted by Gasteiger charge is -2.30. The van der Waals surface area contributed by atoms with E-state index in [1.54, 1.807) is 4.90 Å². The summed E-state index contributed by atoms with van der Waals surface area (Å²) in [6.07, 6.45) is 2.00. The molecule has 21 heavy (non-hydrogen) atoms. The molecule has 0 aromatic heterocycles. The summed E-state index contributed by atoms with van der Waals surface area (Å²) in [5.74, 6) is -0.747. The van der Waals surface area contributed by atoms with Crippen molar-refractivity contribution >= 4 is 23.2 Å². The van der Waals surface area contributed by atoms with Crippen LogP contribution in [0.4, 0.5) is 15.8 Å². The molecule has 1 atom stereocenters. The van der Waals surface area contributed by atoms with Gasteiger partial charge in [0.15, 0.2) is 0 Å². The first-order valence-corrected chi connectivity index (χ1v) is 7.11. The number of piperidine rings is 1. The third-order valence-electron chi connectivity index (χ3n) is 3.67. The van der Waals surface area contributed by atoms with E-state index in [9.17, 15) is 14.0 Å². The number of halogens is 1. The maximum atomic E-state index is 13.5. The van der Waals surface area contributed by atoms with Crippen LogP contribution in [0.25, 0.3) is 0 Å². The predicted molar refractivity (Wildman–Crippen MR) is 79.0 cm³/mol. The number of nitrogens with zero attached hydrogens (tertiary/aromatic N) is 1. The van der Waals surface area contributed by atoms with Gasteiger partial charge < -0.3 is 16.0 Å². The SMILES string of the molecule is CC1CCCN(CCC(=O)Nc2cc(N)ccc2F)C1=O. The Bertz CT molecular complexity index is 548. The van der Waals surface area contributed by atoms with Gasteiger partial charge in [0, 0.05) is 31.1 Å². The molecule has 1 aliphatic heterocycles. The molecule has 1 heterocycles. The van der Waals surface area contributed by atoms with E-state index >= 15 is 0 Å². The van der Waals surface area contributed by atoms with Gasteiger partial charge in [0.05, 0.1) is 5.69 Å². The first-order chi connectivity index (χ1) is 9.97. The van der Waals surface area contributed by atoms with Crippen LogP contribution in [-0.4, -0.2) is 29.8 Å². The number of carbonyl (C=O) groups excluding carboxylic acids is 2.